The summed E-state index contributed by atoms with van der Waals surface area (Å²) in [7, 11) is 1.03. The molecule has 0 fully saturated rings. The lowest BCUT2D eigenvalue weighted by Crippen LogP contribution is -2.39. The predicted octanol–water partition coefficient (Wildman–Crippen LogP) is 3.69. The van der Waals surface area contributed by atoms with E-state index in [0.29, 0.717) is 5.92 Å². The first kappa shape index (κ1) is 20.6. The van der Waals surface area contributed by atoms with Crippen LogP contribution in [-0.2, 0) is 9.53 Å². The molecule has 0 spiro atoms. The number of ether oxygens (including phenoxy) is 1. The van der Waals surface area contributed by atoms with Crippen molar-refractivity contribution < 1.29 is 9.53 Å². The van der Waals surface area contributed by atoms with E-state index in [1.165, 1.54) is 17.7 Å². The number of carbonyl (C=O) groups is 1. The Bertz CT molecular complexity index is 608. The summed E-state index contributed by atoms with van der Waals surface area (Å²) in [5.41, 5.74) is 0. The monoisotopic (exact) mass is 371 g/mol. The van der Waals surface area contributed by atoms with E-state index < -0.39 is 7.92 Å². The zero-order valence-corrected chi connectivity index (χ0v) is 16.9. The quantitative estimate of drug-likeness (QED) is 0.511. The second-order valence-corrected chi connectivity index (χ2v) is 8.68. The Hall–Kier alpha value is -1.70. The highest BCUT2D eigenvalue weighted by Crippen LogP contribution is 2.37. The van der Waals surface area contributed by atoms with Crippen molar-refractivity contribution in [2.24, 2.45) is 5.92 Å². The van der Waals surface area contributed by atoms with Crippen molar-refractivity contribution in [2.45, 2.75) is 32.7 Å². The number of hydrogen-bond acceptors (Lipinski definition) is 3. The Morgan fingerprint density at radius 3 is 1.96 bits per heavy atom. The first-order valence-corrected chi connectivity index (χ1v) is 10.9. The average molecular weight is 371 g/mol. The predicted molar refractivity (Wildman–Crippen MR) is 112 cm³/mol. The van der Waals surface area contributed by atoms with Gasteiger partial charge in [0, 0.05) is 0 Å². The van der Waals surface area contributed by atoms with E-state index in [4.69, 9.17) is 4.74 Å². The van der Waals surface area contributed by atoms with E-state index in [-0.39, 0.29) is 12.0 Å². The number of benzene rings is 2. The van der Waals surface area contributed by atoms with Crippen molar-refractivity contribution in [2.75, 3.05) is 19.8 Å². The number of rotatable bonds is 10. The van der Waals surface area contributed by atoms with E-state index in [2.05, 4.69) is 72.9 Å². The van der Waals surface area contributed by atoms with Gasteiger partial charge in [-0.3, -0.25) is 4.79 Å². The smallest absolute Gasteiger partial charge is 0.322 e. The summed E-state index contributed by atoms with van der Waals surface area (Å²) in [5, 5.41) is 6.07. The minimum atomic E-state index is -0.439. The fourth-order valence-corrected chi connectivity index (χ4v) is 5.90. The van der Waals surface area contributed by atoms with Gasteiger partial charge in [-0.2, -0.15) is 0 Å². The van der Waals surface area contributed by atoms with E-state index in [1.54, 1.807) is 0 Å². The molecule has 2 aromatic carbocycles. The molecule has 0 bridgehead atoms. The Kier molecular flexibility index (Phi) is 8.80. The number of nitrogens with one attached hydrogen (secondary N) is 1. The number of methoxy groups -OCH3 is 1. The van der Waals surface area contributed by atoms with Crippen LogP contribution in [0.4, 0.5) is 0 Å². The summed E-state index contributed by atoms with van der Waals surface area (Å²) in [6.07, 6.45) is 2.95. The number of hydrogen-bond donors (Lipinski definition) is 1. The molecule has 0 aliphatic rings. The summed E-state index contributed by atoms with van der Waals surface area (Å²) >= 11 is 0. The zero-order valence-electron chi connectivity index (χ0n) is 16.0. The van der Waals surface area contributed by atoms with E-state index in [0.717, 1.165) is 25.5 Å². The number of esters is 1. The summed E-state index contributed by atoms with van der Waals surface area (Å²) < 4.78 is 4.99. The summed E-state index contributed by atoms with van der Waals surface area (Å²) in [6, 6.07) is 21.3. The molecule has 3 nitrogen and oxygen atoms in total. The van der Waals surface area contributed by atoms with Crippen LogP contribution in [0.5, 0.6) is 0 Å². The fourth-order valence-electron chi connectivity index (χ4n) is 3.19. The van der Waals surface area contributed by atoms with Crippen molar-refractivity contribution in [1.29, 1.82) is 0 Å². The Morgan fingerprint density at radius 1 is 1.00 bits per heavy atom. The largest absolute Gasteiger partial charge is 0.468 e. The summed E-state index contributed by atoms with van der Waals surface area (Å²) in [4.78, 5) is 12.1. The van der Waals surface area contributed by atoms with Crippen LogP contribution in [0.3, 0.4) is 0 Å². The molecule has 1 N–H and O–H groups in total. The highest BCUT2D eigenvalue weighted by atomic mass is 31.1. The summed E-state index contributed by atoms with van der Waals surface area (Å²) in [6.45, 7) is 5.01. The maximum Gasteiger partial charge on any atom is 0.322 e. The van der Waals surface area contributed by atoms with Crippen LogP contribution < -0.4 is 15.9 Å². The highest BCUT2D eigenvalue weighted by molar-refractivity contribution is 7.73. The molecule has 140 valence electrons. The fraction of sp³-hybridized carbons (Fsp3) is 0.409. The molecule has 4 heteroatoms. The third kappa shape index (κ3) is 5.93. The molecule has 0 amide bonds. The van der Waals surface area contributed by atoms with E-state index >= 15 is 0 Å². The standard InChI is InChI=1S/C22H30NO2P/c1-4-18(16-21(23-5-2)22(24)25-3)17-26(19-12-8-6-9-13-19)20-14-10-7-11-15-20/h6-15,18,21,23H,4-5,16-17H2,1-3H3. The van der Waals surface area contributed by atoms with Crippen molar-refractivity contribution in [1.82, 2.24) is 5.32 Å². The Balaban J connectivity index is 2.21. The summed E-state index contributed by atoms with van der Waals surface area (Å²) in [5.74, 6) is 0.304. The molecule has 0 aromatic heterocycles. The SMILES string of the molecule is CCNC(CC(CC)CP(c1ccccc1)c1ccccc1)C(=O)OC. The number of carbonyl (C=O) groups excluding carboxylic acids is 1. The van der Waals surface area contributed by atoms with Crippen LogP contribution in [-0.4, -0.2) is 31.8 Å². The van der Waals surface area contributed by atoms with Gasteiger partial charge in [0.05, 0.1) is 7.11 Å². The van der Waals surface area contributed by atoms with Gasteiger partial charge < -0.3 is 10.1 Å². The second-order valence-electron chi connectivity index (χ2n) is 6.43. The molecule has 0 saturated carbocycles. The van der Waals surface area contributed by atoms with Gasteiger partial charge in [0.15, 0.2) is 0 Å². The van der Waals surface area contributed by atoms with Crippen LogP contribution in [0.1, 0.15) is 26.7 Å². The molecular weight excluding hydrogens is 341 g/mol. The first-order valence-electron chi connectivity index (χ1n) is 9.38. The second kappa shape index (κ2) is 11.1. The third-order valence-electron chi connectivity index (χ3n) is 4.66. The molecule has 2 atom stereocenters. The van der Waals surface area contributed by atoms with E-state index in [1.807, 2.05) is 6.92 Å². The lowest BCUT2D eigenvalue weighted by Gasteiger charge is -2.27. The topological polar surface area (TPSA) is 38.3 Å². The molecule has 2 rings (SSSR count). The van der Waals surface area contributed by atoms with Crippen molar-refractivity contribution in [3.8, 4) is 0 Å². The van der Waals surface area contributed by atoms with Crippen LogP contribution >= 0.6 is 7.92 Å². The minimum Gasteiger partial charge on any atom is -0.468 e. The van der Waals surface area contributed by atoms with Crippen LogP contribution in [0.25, 0.3) is 0 Å². The lowest BCUT2D eigenvalue weighted by molar-refractivity contribution is -0.143. The molecule has 0 heterocycles. The minimum absolute atomic E-state index is 0.158. The van der Waals surface area contributed by atoms with Gasteiger partial charge in [-0.25, -0.2) is 0 Å². The Labute approximate surface area is 158 Å². The molecule has 0 aliphatic carbocycles. The van der Waals surface area contributed by atoms with Gasteiger partial charge in [0.1, 0.15) is 6.04 Å². The van der Waals surface area contributed by atoms with Gasteiger partial charge in [0.2, 0.25) is 0 Å². The van der Waals surface area contributed by atoms with Gasteiger partial charge in [-0.15, -0.1) is 0 Å². The maximum absolute atomic E-state index is 12.1. The average Bonchev–Trinajstić information content (AvgIpc) is 2.71. The number of likely N-dealkylation sites (N-methyl/N-ethyl adjacent to an activating group) is 1. The van der Waals surface area contributed by atoms with Gasteiger partial charge in [-0.05, 0) is 43.6 Å². The normalized spacial score (nSPS) is 13.4. The molecule has 0 saturated heterocycles. The van der Waals surface area contributed by atoms with Gasteiger partial charge in [0.25, 0.3) is 0 Å². The first-order chi connectivity index (χ1) is 12.7. The molecule has 26 heavy (non-hydrogen) atoms. The van der Waals surface area contributed by atoms with Gasteiger partial charge >= 0.3 is 5.97 Å². The van der Waals surface area contributed by atoms with Crippen LogP contribution in [0, 0.1) is 5.92 Å². The van der Waals surface area contributed by atoms with Crippen LogP contribution in [0.2, 0.25) is 0 Å². The highest BCUT2D eigenvalue weighted by Gasteiger charge is 2.25. The van der Waals surface area contributed by atoms with Gasteiger partial charge in [-0.1, -0.05) is 80.9 Å². The zero-order chi connectivity index (χ0) is 18.8. The molecule has 2 unspecified atom stereocenters. The van der Waals surface area contributed by atoms with Crippen molar-refractivity contribution in [3.05, 3.63) is 60.7 Å². The van der Waals surface area contributed by atoms with Crippen LogP contribution in [0.15, 0.2) is 60.7 Å². The maximum atomic E-state index is 12.1. The van der Waals surface area contributed by atoms with Crippen molar-refractivity contribution >= 4 is 24.5 Å². The molecule has 0 aliphatic heterocycles. The molecule has 0 radical (unpaired) electrons. The van der Waals surface area contributed by atoms with E-state index in [9.17, 15) is 4.79 Å². The Morgan fingerprint density at radius 2 is 1.54 bits per heavy atom. The third-order valence-corrected chi connectivity index (χ3v) is 7.38. The lowest BCUT2D eigenvalue weighted by atomic mass is 9.99. The molecular formula is C22H30NO2P. The van der Waals surface area contributed by atoms with Crippen molar-refractivity contribution in [3.63, 3.8) is 0 Å². The molecule has 2 aromatic rings.